The highest BCUT2D eigenvalue weighted by atomic mass is 16.5. The summed E-state index contributed by atoms with van der Waals surface area (Å²) in [5, 5.41) is 0. The summed E-state index contributed by atoms with van der Waals surface area (Å²) in [6.07, 6.45) is 0.141. The van der Waals surface area contributed by atoms with Crippen molar-refractivity contribution in [2.24, 2.45) is 11.7 Å². The van der Waals surface area contributed by atoms with E-state index in [9.17, 15) is 14.4 Å². The molecular formula is C17H21N3O5. The fourth-order valence-corrected chi connectivity index (χ4v) is 2.92. The SMILES string of the molecule is NC(=O)[C@H]1CC(=O)N(c2ccc(OCC(=O)N3CCOCC3)cc2)C1. The third-order valence-electron chi connectivity index (χ3n) is 4.40. The van der Waals surface area contributed by atoms with Gasteiger partial charge in [0.25, 0.3) is 5.91 Å². The van der Waals surface area contributed by atoms with Crippen LogP contribution in [0.2, 0.25) is 0 Å². The highest BCUT2D eigenvalue weighted by molar-refractivity contribution is 6.00. The molecule has 2 saturated heterocycles. The third kappa shape index (κ3) is 4.08. The first kappa shape index (κ1) is 17.2. The number of primary amides is 1. The van der Waals surface area contributed by atoms with Crippen molar-refractivity contribution in [2.45, 2.75) is 6.42 Å². The number of carbonyl (C=O) groups is 3. The molecule has 8 nitrogen and oxygen atoms in total. The molecule has 0 saturated carbocycles. The van der Waals surface area contributed by atoms with Crippen LogP contribution in [0.15, 0.2) is 24.3 Å². The van der Waals surface area contributed by atoms with E-state index in [4.69, 9.17) is 15.2 Å². The van der Waals surface area contributed by atoms with Crippen molar-refractivity contribution in [1.29, 1.82) is 0 Å². The summed E-state index contributed by atoms with van der Waals surface area (Å²) in [6, 6.07) is 6.87. The van der Waals surface area contributed by atoms with Gasteiger partial charge in [0, 0.05) is 31.7 Å². The molecule has 1 aromatic rings. The number of amides is 3. The summed E-state index contributed by atoms with van der Waals surface area (Å²) in [5.41, 5.74) is 5.95. The van der Waals surface area contributed by atoms with Gasteiger partial charge in [0.1, 0.15) is 5.75 Å². The molecule has 2 heterocycles. The zero-order chi connectivity index (χ0) is 17.8. The van der Waals surface area contributed by atoms with E-state index >= 15 is 0 Å². The Morgan fingerprint density at radius 2 is 1.88 bits per heavy atom. The average Bonchev–Trinajstić information content (AvgIpc) is 3.03. The van der Waals surface area contributed by atoms with Gasteiger partial charge in [0.2, 0.25) is 11.8 Å². The molecule has 2 fully saturated rings. The first-order valence-electron chi connectivity index (χ1n) is 8.22. The molecule has 1 atom stereocenters. The van der Waals surface area contributed by atoms with Crippen LogP contribution in [0.4, 0.5) is 5.69 Å². The number of ether oxygens (including phenoxy) is 2. The van der Waals surface area contributed by atoms with Gasteiger partial charge in [-0.1, -0.05) is 0 Å². The van der Waals surface area contributed by atoms with E-state index in [-0.39, 0.29) is 24.8 Å². The molecule has 134 valence electrons. The van der Waals surface area contributed by atoms with Crippen molar-refractivity contribution >= 4 is 23.4 Å². The molecule has 8 heteroatoms. The summed E-state index contributed by atoms with van der Waals surface area (Å²) in [4.78, 5) is 38.5. The molecule has 2 aliphatic heterocycles. The van der Waals surface area contributed by atoms with Gasteiger partial charge in [-0.05, 0) is 24.3 Å². The largest absolute Gasteiger partial charge is 0.484 e. The van der Waals surface area contributed by atoms with Crippen LogP contribution in [-0.2, 0) is 19.1 Å². The van der Waals surface area contributed by atoms with E-state index in [0.29, 0.717) is 44.3 Å². The van der Waals surface area contributed by atoms with E-state index in [1.165, 1.54) is 4.90 Å². The smallest absolute Gasteiger partial charge is 0.260 e. The quantitative estimate of drug-likeness (QED) is 0.792. The maximum atomic E-state index is 12.0. The average molecular weight is 347 g/mol. The molecule has 0 spiro atoms. The lowest BCUT2D eigenvalue weighted by atomic mass is 10.1. The van der Waals surface area contributed by atoms with Gasteiger partial charge in [0.15, 0.2) is 6.61 Å². The Bertz CT molecular complexity index is 655. The zero-order valence-electron chi connectivity index (χ0n) is 13.8. The molecule has 0 bridgehead atoms. The Morgan fingerprint density at radius 1 is 1.20 bits per heavy atom. The third-order valence-corrected chi connectivity index (χ3v) is 4.40. The molecule has 0 aliphatic carbocycles. The molecule has 2 aliphatic rings. The van der Waals surface area contributed by atoms with Crippen LogP contribution in [0.5, 0.6) is 5.75 Å². The zero-order valence-corrected chi connectivity index (χ0v) is 13.8. The van der Waals surface area contributed by atoms with E-state index < -0.39 is 11.8 Å². The maximum absolute atomic E-state index is 12.0. The number of rotatable bonds is 5. The molecule has 1 aromatic carbocycles. The second-order valence-corrected chi connectivity index (χ2v) is 6.08. The number of nitrogens with two attached hydrogens (primary N) is 1. The van der Waals surface area contributed by atoms with E-state index in [1.807, 2.05) is 0 Å². The van der Waals surface area contributed by atoms with Crippen molar-refractivity contribution < 1.29 is 23.9 Å². The summed E-state index contributed by atoms with van der Waals surface area (Å²) in [7, 11) is 0. The Labute approximate surface area is 145 Å². The lowest BCUT2D eigenvalue weighted by Crippen LogP contribution is -2.42. The molecular weight excluding hydrogens is 326 g/mol. The number of hydrogen-bond donors (Lipinski definition) is 1. The van der Waals surface area contributed by atoms with Gasteiger partial charge < -0.3 is 25.0 Å². The van der Waals surface area contributed by atoms with Crippen LogP contribution < -0.4 is 15.4 Å². The first-order chi connectivity index (χ1) is 12.0. The molecule has 3 rings (SSSR count). The number of anilines is 1. The predicted molar refractivity (Wildman–Crippen MR) is 89.0 cm³/mol. The Balaban J connectivity index is 1.54. The Morgan fingerprint density at radius 3 is 2.48 bits per heavy atom. The highest BCUT2D eigenvalue weighted by Gasteiger charge is 2.33. The van der Waals surface area contributed by atoms with Gasteiger partial charge in [-0.3, -0.25) is 14.4 Å². The second-order valence-electron chi connectivity index (χ2n) is 6.08. The number of hydrogen-bond acceptors (Lipinski definition) is 5. The molecule has 3 amide bonds. The number of benzene rings is 1. The number of nitrogens with zero attached hydrogens (tertiary/aromatic N) is 2. The van der Waals surface area contributed by atoms with E-state index in [2.05, 4.69) is 0 Å². The molecule has 2 N–H and O–H groups in total. The van der Waals surface area contributed by atoms with E-state index in [0.717, 1.165) is 0 Å². The minimum absolute atomic E-state index is 0.0360. The molecule has 25 heavy (non-hydrogen) atoms. The molecule has 0 aromatic heterocycles. The van der Waals surface area contributed by atoms with Gasteiger partial charge in [0.05, 0.1) is 19.1 Å². The van der Waals surface area contributed by atoms with Gasteiger partial charge in [-0.15, -0.1) is 0 Å². The van der Waals surface area contributed by atoms with Crippen molar-refractivity contribution in [3.8, 4) is 5.75 Å². The standard InChI is InChI=1S/C17H21N3O5/c18-17(23)12-9-15(21)20(10-12)13-1-3-14(4-2-13)25-11-16(22)19-5-7-24-8-6-19/h1-4,12H,5-11H2,(H2,18,23)/t12-/m0/s1. The summed E-state index contributed by atoms with van der Waals surface area (Å²) < 4.78 is 10.7. The Hall–Kier alpha value is -2.61. The van der Waals surface area contributed by atoms with Crippen LogP contribution >= 0.6 is 0 Å². The van der Waals surface area contributed by atoms with Crippen molar-refractivity contribution in [3.63, 3.8) is 0 Å². The maximum Gasteiger partial charge on any atom is 0.260 e. The highest BCUT2D eigenvalue weighted by Crippen LogP contribution is 2.26. The first-order valence-corrected chi connectivity index (χ1v) is 8.22. The Kier molecular flexibility index (Phi) is 5.18. The second kappa shape index (κ2) is 7.52. The minimum atomic E-state index is -0.461. The number of carbonyl (C=O) groups excluding carboxylic acids is 3. The minimum Gasteiger partial charge on any atom is -0.484 e. The van der Waals surface area contributed by atoms with E-state index in [1.54, 1.807) is 29.2 Å². The van der Waals surface area contributed by atoms with Gasteiger partial charge >= 0.3 is 0 Å². The fourth-order valence-electron chi connectivity index (χ4n) is 2.92. The van der Waals surface area contributed by atoms with Gasteiger partial charge in [-0.2, -0.15) is 0 Å². The predicted octanol–water partition coefficient (Wildman–Crippen LogP) is -0.238. The lowest BCUT2D eigenvalue weighted by molar-refractivity contribution is -0.137. The van der Waals surface area contributed by atoms with Gasteiger partial charge in [-0.25, -0.2) is 0 Å². The van der Waals surface area contributed by atoms with Crippen molar-refractivity contribution in [1.82, 2.24) is 4.90 Å². The molecule has 0 radical (unpaired) electrons. The normalized spacial score (nSPS) is 20.6. The summed E-state index contributed by atoms with van der Waals surface area (Å²) in [5.74, 6) is -0.568. The number of morpholine rings is 1. The summed E-state index contributed by atoms with van der Waals surface area (Å²) in [6.45, 7) is 2.53. The fraction of sp³-hybridized carbons (Fsp3) is 0.471. The lowest BCUT2D eigenvalue weighted by Gasteiger charge is -2.26. The van der Waals surface area contributed by atoms with Crippen LogP contribution in [0.1, 0.15) is 6.42 Å². The van der Waals surface area contributed by atoms with Crippen LogP contribution in [0.3, 0.4) is 0 Å². The summed E-state index contributed by atoms with van der Waals surface area (Å²) >= 11 is 0. The van der Waals surface area contributed by atoms with Crippen LogP contribution in [-0.4, -0.2) is 62.1 Å². The van der Waals surface area contributed by atoms with Crippen molar-refractivity contribution in [2.75, 3.05) is 44.4 Å². The topological polar surface area (TPSA) is 102 Å². The monoisotopic (exact) mass is 347 g/mol. The van der Waals surface area contributed by atoms with Crippen molar-refractivity contribution in [3.05, 3.63) is 24.3 Å². The van der Waals surface area contributed by atoms with Crippen LogP contribution in [0, 0.1) is 5.92 Å². The van der Waals surface area contributed by atoms with Crippen LogP contribution in [0.25, 0.3) is 0 Å². The molecule has 0 unspecified atom stereocenters.